The Morgan fingerprint density at radius 1 is 1.11 bits per heavy atom. The molecule has 0 saturated heterocycles. The van der Waals surface area contributed by atoms with Gasteiger partial charge in [-0.3, -0.25) is 0 Å². The fraction of sp³-hybridized carbons (Fsp3) is 0.250. The van der Waals surface area contributed by atoms with E-state index in [2.05, 4.69) is 61.6 Å². The average molecular weight is 362 g/mol. The molecule has 3 rings (SSSR count). The molecule has 1 unspecified atom stereocenters. The van der Waals surface area contributed by atoms with Crippen molar-refractivity contribution in [1.29, 1.82) is 0 Å². The maximum absolute atomic E-state index is 13.4. The molecule has 0 radical (unpaired) electrons. The molecule has 1 atom stereocenters. The molecule has 0 aliphatic heterocycles. The fourth-order valence-corrected chi connectivity index (χ4v) is 3.07. The number of rotatable bonds is 9. The zero-order chi connectivity index (χ0) is 19.4. The molecule has 1 fully saturated rings. The first kappa shape index (κ1) is 19.0. The molecule has 2 aromatic rings. The van der Waals surface area contributed by atoms with Crippen LogP contribution in [0, 0.1) is 18.7 Å². The monoisotopic (exact) mass is 362 g/mol. The van der Waals surface area contributed by atoms with Gasteiger partial charge in [0.05, 0.1) is 6.04 Å². The topological polar surface area (TPSA) is 24.1 Å². The van der Waals surface area contributed by atoms with Crippen molar-refractivity contribution in [2.75, 3.05) is 0 Å². The molecule has 0 heterocycles. The predicted molar refractivity (Wildman–Crippen MR) is 111 cm³/mol. The van der Waals surface area contributed by atoms with Crippen molar-refractivity contribution < 1.29 is 4.39 Å². The van der Waals surface area contributed by atoms with Crippen molar-refractivity contribution in [2.24, 2.45) is 5.92 Å². The Morgan fingerprint density at radius 2 is 1.81 bits per heavy atom. The summed E-state index contributed by atoms with van der Waals surface area (Å²) < 4.78 is 13.4. The number of aryl methyl sites for hydroxylation is 1. The molecule has 2 nitrogen and oxygen atoms in total. The minimum Gasteiger partial charge on any atom is -0.383 e. The van der Waals surface area contributed by atoms with E-state index in [9.17, 15) is 4.39 Å². The van der Waals surface area contributed by atoms with Gasteiger partial charge < -0.3 is 10.6 Å². The Bertz CT molecular complexity index is 847. The maximum Gasteiger partial charge on any atom is 0.123 e. The molecule has 0 bridgehead atoms. The van der Waals surface area contributed by atoms with Gasteiger partial charge in [0.15, 0.2) is 0 Å². The second-order valence-corrected chi connectivity index (χ2v) is 7.28. The minimum atomic E-state index is -0.232. The second kappa shape index (κ2) is 8.26. The van der Waals surface area contributed by atoms with Crippen LogP contribution in [0.4, 0.5) is 4.39 Å². The van der Waals surface area contributed by atoms with Gasteiger partial charge in [0.1, 0.15) is 5.82 Å². The number of hydrogen-bond acceptors (Lipinski definition) is 2. The molecule has 0 spiro atoms. The smallest absolute Gasteiger partial charge is 0.123 e. The molecule has 140 valence electrons. The first-order valence-electron chi connectivity index (χ1n) is 9.32. The van der Waals surface area contributed by atoms with Crippen LogP contribution >= 0.6 is 0 Å². The lowest BCUT2D eigenvalue weighted by atomic mass is 10.00. The van der Waals surface area contributed by atoms with E-state index >= 15 is 0 Å². The van der Waals surface area contributed by atoms with Crippen molar-refractivity contribution in [3.8, 4) is 0 Å². The molecule has 2 aromatic carbocycles. The van der Waals surface area contributed by atoms with Gasteiger partial charge in [-0.1, -0.05) is 61.7 Å². The van der Waals surface area contributed by atoms with Crippen LogP contribution in [0.1, 0.15) is 29.5 Å². The summed E-state index contributed by atoms with van der Waals surface area (Å²) in [6, 6.07) is 14.7. The summed E-state index contributed by atoms with van der Waals surface area (Å²) in [5.41, 5.74) is 5.93. The highest BCUT2D eigenvalue weighted by molar-refractivity contribution is 5.63. The van der Waals surface area contributed by atoms with E-state index in [1.165, 1.54) is 30.5 Å². The number of halogens is 1. The third-order valence-corrected chi connectivity index (χ3v) is 4.95. The Morgan fingerprint density at radius 3 is 2.44 bits per heavy atom. The van der Waals surface area contributed by atoms with Crippen molar-refractivity contribution in [3.63, 3.8) is 0 Å². The maximum atomic E-state index is 13.4. The quantitative estimate of drug-likeness (QED) is 0.589. The van der Waals surface area contributed by atoms with Gasteiger partial charge in [-0.25, -0.2) is 4.39 Å². The highest BCUT2D eigenvalue weighted by Crippen LogP contribution is 2.38. The lowest BCUT2D eigenvalue weighted by molar-refractivity contribution is 0.619. The average Bonchev–Trinajstić information content (AvgIpc) is 3.49. The van der Waals surface area contributed by atoms with E-state index in [-0.39, 0.29) is 11.9 Å². The Hall–Kier alpha value is -2.81. The van der Waals surface area contributed by atoms with Crippen LogP contribution in [0.25, 0.3) is 5.70 Å². The van der Waals surface area contributed by atoms with Crippen molar-refractivity contribution in [2.45, 2.75) is 32.4 Å². The summed E-state index contributed by atoms with van der Waals surface area (Å²) in [6.07, 6.45) is 2.34. The van der Waals surface area contributed by atoms with Crippen LogP contribution in [0.2, 0.25) is 0 Å². The molecule has 0 amide bonds. The molecular formula is C24H27FN2. The van der Waals surface area contributed by atoms with Gasteiger partial charge in [0, 0.05) is 17.9 Å². The number of hydrogen-bond donors (Lipinski definition) is 2. The van der Waals surface area contributed by atoms with E-state index in [0.717, 1.165) is 28.1 Å². The Balaban J connectivity index is 1.68. The standard InChI is InChI=1S/C24H27FN2/c1-16-8-10-22(11-9-16)18(3)27-24(17(2)21-12-13-21)19(4)26-15-20-6-5-7-23(25)14-20/h5-11,14,21,24,26-27H,2-4,12-13,15H2,1H3. The highest BCUT2D eigenvalue weighted by Gasteiger charge is 2.31. The number of benzene rings is 2. The highest BCUT2D eigenvalue weighted by atomic mass is 19.1. The van der Waals surface area contributed by atoms with Gasteiger partial charge in [0.25, 0.3) is 0 Å². The van der Waals surface area contributed by atoms with Crippen LogP contribution in [0.5, 0.6) is 0 Å². The minimum absolute atomic E-state index is 0.111. The van der Waals surface area contributed by atoms with Crippen LogP contribution in [-0.4, -0.2) is 6.04 Å². The van der Waals surface area contributed by atoms with Crippen LogP contribution in [0.3, 0.4) is 0 Å². The van der Waals surface area contributed by atoms with Crippen LogP contribution in [-0.2, 0) is 6.54 Å². The van der Waals surface area contributed by atoms with Gasteiger partial charge >= 0.3 is 0 Å². The van der Waals surface area contributed by atoms with Gasteiger partial charge in [-0.05, 0) is 54.5 Å². The number of nitrogens with one attached hydrogen (secondary N) is 2. The molecule has 0 aromatic heterocycles. The molecule has 2 N–H and O–H groups in total. The van der Waals surface area contributed by atoms with Crippen molar-refractivity contribution >= 4 is 5.70 Å². The molecular weight excluding hydrogens is 335 g/mol. The molecule has 1 aliphatic carbocycles. The lowest BCUT2D eigenvalue weighted by Crippen LogP contribution is -2.36. The SMILES string of the molecule is C=C(NC(C(=C)NCc1cccc(F)c1)C(=C)C1CC1)c1ccc(C)cc1. The van der Waals surface area contributed by atoms with E-state index in [0.29, 0.717) is 12.5 Å². The van der Waals surface area contributed by atoms with Crippen molar-refractivity contribution in [1.82, 2.24) is 10.6 Å². The summed E-state index contributed by atoms with van der Waals surface area (Å²) in [5.74, 6) is 0.297. The van der Waals surface area contributed by atoms with E-state index in [1.807, 2.05) is 6.07 Å². The fourth-order valence-electron chi connectivity index (χ4n) is 3.07. The van der Waals surface area contributed by atoms with E-state index in [4.69, 9.17) is 0 Å². The van der Waals surface area contributed by atoms with E-state index in [1.54, 1.807) is 6.07 Å². The Labute approximate surface area is 161 Å². The zero-order valence-corrected chi connectivity index (χ0v) is 15.9. The molecule has 1 saturated carbocycles. The van der Waals surface area contributed by atoms with E-state index < -0.39 is 0 Å². The normalized spacial score (nSPS) is 14.3. The summed E-state index contributed by atoms with van der Waals surface area (Å²) in [4.78, 5) is 0. The first-order valence-corrected chi connectivity index (χ1v) is 9.32. The van der Waals surface area contributed by atoms with Crippen LogP contribution < -0.4 is 10.6 Å². The summed E-state index contributed by atoms with van der Waals surface area (Å²) in [7, 11) is 0. The lowest BCUT2D eigenvalue weighted by Gasteiger charge is -2.26. The zero-order valence-electron chi connectivity index (χ0n) is 15.9. The molecule has 27 heavy (non-hydrogen) atoms. The Kier molecular flexibility index (Phi) is 5.80. The second-order valence-electron chi connectivity index (χ2n) is 7.28. The van der Waals surface area contributed by atoms with Gasteiger partial charge in [0.2, 0.25) is 0 Å². The van der Waals surface area contributed by atoms with Crippen LogP contribution in [0.15, 0.2) is 79.5 Å². The third kappa shape index (κ3) is 5.10. The predicted octanol–water partition coefficient (Wildman–Crippen LogP) is 5.33. The largest absolute Gasteiger partial charge is 0.383 e. The first-order chi connectivity index (χ1) is 12.9. The van der Waals surface area contributed by atoms with Crippen molar-refractivity contribution in [3.05, 3.63) is 102 Å². The molecule has 3 heteroatoms. The van der Waals surface area contributed by atoms with Gasteiger partial charge in [-0.15, -0.1) is 0 Å². The van der Waals surface area contributed by atoms with Gasteiger partial charge in [-0.2, -0.15) is 0 Å². The third-order valence-electron chi connectivity index (χ3n) is 4.95. The summed E-state index contributed by atoms with van der Waals surface area (Å²) in [6.45, 7) is 15.3. The summed E-state index contributed by atoms with van der Waals surface area (Å²) in [5, 5.41) is 6.82. The summed E-state index contributed by atoms with van der Waals surface area (Å²) >= 11 is 0. The molecule has 1 aliphatic rings.